The van der Waals surface area contributed by atoms with Crippen LogP contribution in [0.25, 0.3) is 0 Å². The minimum absolute atomic E-state index is 0.0506. The molecule has 0 saturated heterocycles. The maximum atomic E-state index is 12.4. The molecule has 0 radical (unpaired) electrons. The molecule has 0 spiro atoms. The minimum Gasteiger partial charge on any atom is -0.399 e. The number of rotatable bonds is 2. The summed E-state index contributed by atoms with van der Waals surface area (Å²) in [7, 11) is 0. The number of halogens is 1. The number of anilines is 1. The van der Waals surface area contributed by atoms with Crippen molar-refractivity contribution in [2.75, 3.05) is 5.73 Å². The predicted octanol–water partition coefficient (Wildman–Crippen LogP) is 3.77. The normalized spacial score (nSPS) is 10.4. The number of nitrogens with two attached hydrogens (primary N) is 1. The number of nitrogen functional groups attached to an aromatic ring is 1. The summed E-state index contributed by atoms with van der Waals surface area (Å²) in [4.78, 5) is 12.4. The zero-order valence-electron chi connectivity index (χ0n) is 10.3. The van der Waals surface area contributed by atoms with Crippen molar-refractivity contribution in [3.05, 3.63) is 63.7 Å². The molecular weight excluding hydrogens is 246 g/mol. The van der Waals surface area contributed by atoms with Gasteiger partial charge in [-0.2, -0.15) is 0 Å². The van der Waals surface area contributed by atoms with E-state index in [9.17, 15) is 4.79 Å². The first kappa shape index (κ1) is 12.7. The minimum atomic E-state index is -0.0506. The number of hydrogen-bond acceptors (Lipinski definition) is 2. The largest absolute Gasteiger partial charge is 0.399 e. The van der Waals surface area contributed by atoms with E-state index in [0.717, 1.165) is 11.1 Å². The number of carbonyl (C=O) groups excluding carboxylic acids is 1. The molecule has 0 amide bonds. The van der Waals surface area contributed by atoms with Gasteiger partial charge in [0.15, 0.2) is 5.78 Å². The zero-order valence-corrected chi connectivity index (χ0v) is 11.1. The van der Waals surface area contributed by atoms with Crippen molar-refractivity contribution in [3.8, 4) is 0 Å². The third-order valence-electron chi connectivity index (χ3n) is 3.03. The maximum absolute atomic E-state index is 12.4. The van der Waals surface area contributed by atoms with Crippen LogP contribution in [-0.2, 0) is 0 Å². The van der Waals surface area contributed by atoms with Crippen molar-refractivity contribution < 1.29 is 4.79 Å². The molecule has 0 fully saturated rings. The second-order valence-electron chi connectivity index (χ2n) is 4.35. The highest BCUT2D eigenvalue weighted by Crippen LogP contribution is 2.21. The molecule has 2 N–H and O–H groups in total. The van der Waals surface area contributed by atoms with Crippen molar-refractivity contribution in [1.29, 1.82) is 0 Å². The van der Waals surface area contributed by atoms with Crippen LogP contribution in [-0.4, -0.2) is 5.78 Å². The first-order valence-electron chi connectivity index (χ1n) is 5.66. The monoisotopic (exact) mass is 259 g/mol. The Balaban J connectivity index is 2.51. The van der Waals surface area contributed by atoms with Crippen LogP contribution in [0.1, 0.15) is 27.0 Å². The summed E-state index contributed by atoms with van der Waals surface area (Å²) in [5.41, 5.74) is 9.50. The fourth-order valence-electron chi connectivity index (χ4n) is 1.90. The molecule has 0 atom stereocenters. The fourth-order valence-corrected chi connectivity index (χ4v) is 2.14. The molecule has 0 heterocycles. The Morgan fingerprint density at radius 2 is 1.89 bits per heavy atom. The third kappa shape index (κ3) is 2.39. The van der Waals surface area contributed by atoms with Gasteiger partial charge < -0.3 is 5.73 Å². The average Bonchev–Trinajstić information content (AvgIpc) is 2.30. The van der Waals surface area contributed by atoms with E-state index in [0.29, 0.717) is 21.8 Å². The van der Waals surface area contributed by atoms with Crippen LogP contribution in [0.4, 0.5) is 5.69 Å². The molecule has 2 nitrogen and oxygen atoms in total. The van der Waals surface area contributed by atoms with Crippen molar-refractivity contribution in [1.82, 2.24) is 0 Å². The molecule has 2 rings (SSSR count). The van der Waals surface area contributed by atoms with Crippen LogP contribution in [0.15, 0.2) is 36.4 Å². The lowest BCUT2D eigenvalue weighted by atomic mass is 9.96. The summed E-state index contributed by atoms with van der Waals surface area (Å²) in [5, 5.41) is 0.476. The van der Waals surface area contributed by atoms with E-state index < -0.39 is 0 Å². The Hall–Kier alpha value is -1.80. The third-order valence-corrected chi connectivity index (χ3v) is 3.25. The van der Waals surface area contributed by atoms with E-state index in [2.05, 4.69) is 0 Å². The van der Waals surface area contributed by atoms with Gasteiger partial charge in [-0.3, -0.25) is 4.79 Å². The van der Waals surface area contributed by atoms with E-state index in [1.807, 2.05) is 32.0 Å². The van der Waals surface area contributed by atoms with Gasteiger partial charge >= 0.3 is 0 Å². The number of benzene rings is 2. The Morgan fingerprint density at radius 3 is 2.56 bits per heavy atom. The molecular formula is C15H14ClNO. The molecule has 0 aliphatic rings. The zero-order chi connectivity index (χ0) is 13.3. The van der Waals surface area contributed by atoms with Gasteiger partial charge in [-0.25, -0.2) is 0 Å². The molecule has 2 aromatic carbocycles. The standard InChI is InChI=1S/C15H14ClNO/c1-9-4-3-5-14(10(9)2)15(18)11-6-12(16)8-13(17)7-11/h3-8H,17H2,1-2H3. The highest BCUT2D eigenvalue weighted by Gasteiger charge is 2.13. The summed E-state index contributed by atoms with van der Waals surface area (Å²) < 4.78 is 0. The molecule has 0 saturated carbocycles. The van der Waals surface area contributed by atoms with Crippen LogP contribution in [0.3, 0.4) is 0 Å². The lowest BCUT2D eigenvalue weighted by molar-refractivity contribution is 0.103. The van der Waals surface area contributed by atoms with E-state index in [1.54, 1.807) is 18.2 Å². The second kappa shape index (κ2) is 4.83. The number of carbonyl (C=O) groups is 1. The van der Waals surface area contributed by atoms with Gasteiger partial charge in [-0.1, -0.05) is 29.8 Å². The molecule has 18 heavy (non-hydrogen) atoms. The van der Waals surface area contributed by atoms with Crippen LogP contribution in [0.5, 0.6) is 0 Å². The lowest BCUT2D eigenvalue weighted by Gasteiger charge is -2.08. The van der Waals surface area contributed by atoms with E-state index in [1.165, 1.54) is 0 Å². The summed E-state index contributed by atoms with van der Waals surface area (Å²) in [6, 6.07) is 10.6. The highest BCUT2D eigenvalue weighted by atomic mass is 35.5. The van der Waals surface area contributed by atoms with Gasteiger partial charge in [-0.15, -0.1) is 0 Å². The van der Waals surface area contributed by atoms with Gasteiger partial charge in [0.1, 0.15) is 0 Å². The Morgan fingerprint density at radius 1 is 1.17 bits per heavy atom. The molecule has 3 heteroatoms. The summed E-state index contributed by atoms with van der Waals surface area (Å²) in [6.45, 7) is 3.93. The molecule has 2 aromatic rings. The summed E-state index contributed by atoms with van der Waals surface area (Å²) >= 11 is 5.92. The van der Waals surface area contributed by atoms with Gasteiger partial charge in [-0.05, 0) is 43.2 Å². The quantitative estimate of drug-likeness (QED) is 0.659. The lowest BCUT2D eigenvalue weighted by Crippen LogP contribution is -2.05. The van der Waals surface area contributed by atoms with Crippen molar-refractivity contribution >= 4 is 23.1 Å². The molecule has 0 aliphatic carbocycles. The van der Waals surface area contributed by atoms with Crippen molar-refractivity contribution in [3.63, 3.8) is 0 Å². The van der Waals surface area contributed by atoms with Crippen LogP contribution in [0.2, 0.25) is 5.02 Å². The molecule has 0 aliphatic heterocycles. The summed E-state index contributed by atoms with van der Waals surface area (Å²) in [6.07, 6.45) is 0. The maximum Gasteiger partial charge on any atom is 0.193 e. The Bertz CT molecular complexity index is 600. The van der Waals surface area contributed by atoms with Crippen LogP contribution >= 0.6 is 11.6 Å². The highest BCUT2D eigenvalue weighted by molar-refractivity contribution is 6.31. The van der Waals surface area contributed by atoms with Gasteiger partial charge in [0.25, 0.3) is 0 Å². The van der Waals surface area contributed by atoms with Gasteiger partial charge in [0.2, 0.25) is 0 Å². The molecule has 92 valence electrons. The number of aryl methyl sites for hydroxylation is 1. The van der Waals surface area contributed by atoms with E-state index in [4.69, 9.17) is 17.3 Å². The smallest absolute Gasteiger partial charge is 0.193 e. The molecule has 0 aromatic heterocycles. The van der Waals surface area contributed by atoms with Gasteiger partial charge in [0, 0.05) is 21.8 Å². The van der Waals surface area contributed by atoms with E-state index >= 15 is 0 Å². The van der Waals surface area contributed by atoms with Crippen LogP contribution < -0.4 is 5.73 Å². The number of hydrogen-bond donors (Lipinski definition) is 1. The second-order valence-corrected chi connectivity index (χ2v) is 4.79. The van der Waals surface area contributed by atoms with Gasteiger partial charge in [0.05, 0.1) is 0 Å². The Labute approximate surface area is 111 Å². The SMILES string of the molecule is Cc1cccc(C(=O)c2cc(N)cc(Cl)c2)c1C. The topological polar surface area (TPSA) is 43.1 Å². The van der Waals surface area contributed by atoms with Crippen LogP contribution in [0, 0.1) is 13.8 Å². The molecule has 0 bridgehead atoms. The fraction of sp³-hybridized carbons (Fsp3) is 0.133. The first-order chi connectivity index (χ1) is 8.49. The summed E-state index contributed by atoms with van der Waals surface area (Å²) in [5.74, 6) is -0.0506. The van der Waals surface area contributed by atoms with Crippen molar-refractivity contribution in [2.24, 2.45) is 0 Å². The predicted molar refractivity (Wildman–Crippen MR) is 75.2 cm³/mol. The Kier molecular flexibility index (Phi) is 3.39. The molecule has 0 unspecified atom stereocenters. The van der Waals surface area contributed by atoms with Crippen molar-refractivity contribution in [2.45, 2.75) is 13.8 Å². The van der Waals surface area contributed by atoms with E-state index in [-0.39, 0.29) is 5.78 Å². The number of ketones is 1. The average molecular weight is 260 g/mol. The first-order valence-corrected chi connectivity index (χ1v) is 6.04.